The summed E-state index contributed by atoms with van der Waals surface area (Å²) in [6.07, 6.45) is 4.87. The molecule has 0 atom stereocenters. The first-order chi connectivity index (χ1) is 14.2. The van der Waals surface area contributed by atoms with Crippen LogP contribution >= 0.6 is 0 Å². The van der Waals surface area contributed by atoms with Crippen molar-refractivity contribution in [3.05, 3.63) is 59.9 Å². The summed E-state index contributed by atoms with van der Waals surface area (Å²) in [5.74, 6) is 0.619. The van der Waals surface area contributed by atoms with Gasteiger partial charge in [0, 0.05) is 50.3 Å². The Labute approximate surface area is 170 Å². The number of rotatable bonds is 4. The van der Waals surface area contributed by atoms with Crippen molar-refractivity contribution in [3.63, 3.8) is 0 Å². The molecule has 7 heteroatoms. The lowest BCUT2D eigenvalue weighted by molar-refractivity contribution is -0.136. The van der Waals surface area contributed by atoms with Gasteiger partial charge in [0.05, 0.1) is 25.3 Å². The highest BCUT2D eigenvalue weighted by Crippen LogP contribution is 2.35. The summed E-state index contributed by atoms with van der Waals surface area (Å²) in [5, 5.41) is 2.80. The molecule has 1 aromatic heterocycles. The Hall–Kier alpha value is -2.93. The van der Waals surface area contributed by atoms with E-state index in [1.54, 1.807) is 18.3 Å². The molecule has 0 unspecified atom stereocenters. The quantitative estimate of drug-likeness (QED) is 0.858. The molecule has 0 bridgehead atoms. The molecule has 3 heterocycles. The molecule has 0 radical (unpaired) electrons. The maximum atomic E-state index is 13.0. The first-order valence-electron chi connectivity index (χ1n) is 9.96. The first kappa shape index (κ1) is 19.4. The fraction of sp³-hybridized carbons (Fsp3) is 0.409. The second kappa shape index (κ2) is 8.61. The van der Waals surface area contributed by atoms with Crippen LogP contribution in [-0.4, -0.2) is 53.6 Å². The lowest BCUT2D eigenvalue weighted by Gasteiger charge is -2.39. The standard InChI is InChI=1S/C22H25N3O4/c26-20(7-11-24-21(27)17-5-3-10-23-14-17)25-15-18-4-1-2-6-19(18)29-22(16-25)8-12-28-13-9-22/h1-6,10,14H,7-9,11-13,15-16H2,(H,24,27). The minimum atomic E-state index is -0.417. The minimum absolute atomic E-state index is 0.00246. The van der Waals surface area contributed by atoms with Crippen LogP contribution in [0.5, 0.6) is 5.75 Å². The zero-order valence-corrected chi connectivity index (χ0v) is 16.3. The maximum absolute atomic E-state index is 13.0. The molecule has 0 aliphatic carbocycles. The van der Waals surface area contributed by atoms with Gasteiger partial charge in [0.2, 0.25) is 5.91 Å². The van der Waals surface area contributed by atoms with Gasteiger partial charge in [-0.3, -0.25) is 14.6 Å². The number of carbonyl (C=O) groups is 2. The number of aromatic nitrogens is 1. The van der Waals surface area contributed by atoms with Crippen molar-refractivity contribution >= 4 is 11.8 Å². The van der Waals surface area contributed by atoms with Crippen LogP contribution < -0.4 is 10.1 Å². The molecule has 1 spiro atoms. The number of para-hydroxylation sites is 1. The molecule has 2 aromatic rings. The number of pyridine rings is 1. The second-order valence-electron chi connectivity index (χ2n) is 7.50. The van der Waals surface area contributed by atoms with Gasteiger partial charge in [-0.2, -0.15) is 0 Å². The van der Waals surface area contributed by atoms with E-state index in [0.717, 1.165) is 24.2 Å². The Morgan fingerprint density at radius 1 is 1.14 bits per heavy atom. The predicted octanol–water partition coefficient (Wildman–Crippen LogP) is 2.17. The largest absolute Gasteiger partial charge is 0.485 e. The molecule has 1 aromatic carbocycles. The van der Waals surface area contributed by atoms with Gasteiger partial charge in [-0.05, 0) is 18.2 Å². The summed E-state index contributed by atoms with van der Waals surface area (Å²) >= 11 is 0. The van der Waals surface area contributed by atoms with E-state index in [-0.39, 0.29) is 24.8 Å². The molecular formula is C22H25N3O4. The molecule has 29 heavy (non-hydrogen) atoms. The Bertz CT molecular complexity index is 865. The molecular weight excluding hydrogens is 370 g/mol. The van der Waals surface area contributed by atoms with Crippen molar-refractivity contribution in [3.8, 4) is 5.75 Å². The van der Waals surface area contributed by atoms with Gasteiger partial charge in [0.1, 0.15) is 11.4 Å². The lowest BCUT2D eigenvalue weighted by Crippen LogP contribution is -2.51. The zero-order valence-electron chi connectivity index (χ0n) is 16.3. The van der Waals surface area contributed by atoms with Gasteiger partial charge in [0.15, 0.2) is 0 Å². The molecule has 1 fully saturated rings. The van der Waals surface area contributed by atoms with Crippen LogP contribution in [0.3, 0.4) is 0 Å². The molecule has 2 aliphatic rings. The normalized spacial score (nSPS) is 17.7. The third-order valence-electron chi connectivity index (χ3n) is 5.44. The van der Waals surface area contributed by atoms with Crippen molar-refractivity contribution in [1.82, 2.24) is 15.2 Å². The topological polar surface area (TPSA) is 80.8 Å². The highest BCUT2D eigenvalue weighted by molar-refractivity contribution is 5.94. The maximum Gasteiger partial charge on any atom is 0.252 e. The van der Waals surface area contributed by atoms with E-state index in [2.05, 4.69) is 10.3 Å². The Morgan fingerprint density at radius 3 is 2.76 bits per heavy atom. The Kier molecular flexibility index (Phi) is 5.76. The summed E-state index contributed by atoms with van der Waals surface area (Å²) < 4.78 is 11.9. The summed E-state index contributed by atoms with van der Waals surface area (Å²) in [6, 6.07) is 11.3. The van der Waals surface area contributed by atoms with Gasteiger partial charge in [0.25, 0.3) is 5.91 Å². The SMILES string of the molecule is O=C(NCCC(=O)N1Cc2ccccc2OC2(CCOCC2)C1)c1cccnc1. The van der Waals surface area contributed by atoms with Gasteiger partial charge in [-0.15, -0.1) is 0 Å². The number of carbonyl (C=O) groups excluding carboxylic acids is 2. The third-order valence-corrected chi connectivity index (χ3v) is 5.44. The van der Waals surface area contributed by atoms with Crippen LogP contribution in [0.1, 0.15) is 35.2 Å². The van der Waals surface area contributed by atoms with Crippen LogP contribution in [0.25, 0.3) is 0 Å². The van der Waals surface area contributed by atoms with Gasteiger partial charge in [-0.25, -0.2) is 0 Å². The van der Waals surface area contributed by atoms with Crippen LogP contribution in [0.4, 0.5) is 0 Å². The summed E-state index contributed by atoms with van der Waals surface area (Å²) in [5.41, 5.74) is 1.07. The van der Waals surface area contributed by atoms with Gasteiger partial charge >= 0.3 is 0 Å². The molecule has 4 rings (SSSR count). The average molecular weight is 395 g/mol. The number of hydrogen-bond acceptors (Lipinski definition) is 5. The van der Waals surface area contributed by atoms with Crippen molar-refractivity contribution in [2.24, 2.45) is 0 Å². The number of nitrogens with one attached hydrogen (secondary N) is 1. The second-order valence-corrected chi connectivity index (χ2v) is 7.50. The van der Waals surface area contributed by atoms with E-state index < -0.39 is 5.60 Å². The minimum Gasteiger partial charge on any atom is -0.485 e. The molecule has 1 saturated heterocycles. The van der Waals surface area contributed by atoms with Crippen LogP contribution in [0.2, 0.25) is 0 Å². The van der Waals surface area contributed by atoms with E-state index in [4.69, 9.17) is 9.47 Å². The summed E-state index contributed by atoms with van der Waals surface area (Å²) in [7, 11) is 0. The zero-order chi connectivity index (χ0) is 20.1. The molecule has 1 N–H and O–H groups in total. The van der Waals surface area contributed by atoms with Crippen molar-refractivity contribution in [2.45, 2.75) is 31.4 Å². The summed E-state index contributed by atoms with van der Waals surface area (Å²) in [4.78, 5) is 30.9. The fourth-order valence-electron chi connectivity index (χ4n) is 3.83. The van der Waals surface area contributed by atoms with E-state index in [1.807, 2.05) is 29.2 Å². The van der Waals surface area contributed by atoms with E-state index >= 15 is 0 Å². The Balaban J connectivity index is 1.42. The van der Waals surface area contributed by atoms with Crippen LogP contribution in [0, 0.1) is 0 Å². The molecule has 2 aliphatic heterocycles. The number of hydrogen-bond donors (Lipinski definition) is 1. The first-order valence-corrected chi connectivity index (χ1v) is 9.96. The third kappa shape index (κ3) is 4.56. The molecule has 152 valence electrons. The van der Waals surface area contributed by atoms with Crippen LogP contribution in [0.15, 0.2) is 48.8 Å². The molecule has 2 amide bonds. The average Bonchev–Trinajstić information content (AvgIpc) is 2.91. The highest BCUT2D eigenvalue weighted by Gasteiger charge is 2.40. The van der Waals surface area contributed by atoms with E-state index in [1.165, 1.54) is 6.20 Å². The van der Waals surface area contributed by atoms with Crippen molar-refractivity contribution in [2.75, 3.05) is 26.3 Å². The van der Waals surface area contributed by atoms with Crippen molar-refractivity contribution in [1.29, 1.82) is 0 Å². The highest BCUT2D eigenvalue weighted by atomic mass is 16.5. The smallest absolute Gasteiger partial charge is 0.252 e. The summed E-state index contributed by atoms with van der Waals surface area (Å²) in [6.45, 7) is 2.58. The monoisotopic (exact) mass is 395 g/mol. The predicted molar refractivity (Wildman–Crippen MR) is 106 cm³/mol. The number of ether oxygens (including phenoxy) is 2. The molecule has 0 saturated carbocycles. The molecule has 7 nitrogen and oxygen atoms in total. The fourth-order valence-corrected chi connectivity index (χ4v) is 3.83. The number of fused-ring (bicyclic) bond motifs is 1. The number of benzene rings is 1. The van der Waals surface area contributed by atoms with Gasteiger partial charge in [-0.1, -0.05) is 18.2 Å². The van der Waals surface area contributed by atoms with Crippen LogP contribution in [-0.2, 0) is 16.1 Å². The van der Waals surface area contributed by atoms with E-state index in [9.17, 15) is 9.59 Å². The Morgan fingerprint density at radius 2 is 1.97 bits per heavy atom. The van der Waals surface area contributed by atoms with Crippen molar-refractivity contribution < 1.29 is 19.1 Å². The van der Waals surface area contributed by atoms with E-state index in [0.29, 0.717) is 31.9 Å². The number of amides is 2. The van der Waals surface area contributed by atoms with Gasteiger partial charge < -0.3 is 19.7 Å². The number of nitrogens with zero attached hydrogens (tertiary/aromatic N) is 2. The lowest BCUT2D eigenvalue weighted by atomic mass is 9.93.